The fourth-order valence-corrected chi connectivity index (χ4v) is 2.29. The molecule has 0 saturated heterocycles. The van der Waals surface area contributed by atoms with E-state index in [-0.39, 0.29) is 0 Å². The number of hydrogen-bond donors (Lipinski definition) is 0. The fraction of sp³-hybridized carbons (Fsp3) is 0.778. The summed E-state index contributed by atoms with van der Waals surface area (Å²) >= 11 is 7.03. The largest absolute Gasteiger partial charge is 0.374 e. The second-order valence-corrected chi connectivity index (χ2v) is 5.23. The third-order valence-electron chi connectivity index (χ3n) is 2.56. The molecule has 0 spiro atoms. The van der Waals surface area contributed by atoms with Gasteiger partial charge in [-0.25, -0.2) is 0 Å². The molecular weight excluding hydrogens is 220 g/mol. The SMILES string of the molecule is Clc1nnc(COCCC2CCC2)s1. The molecule has 1 fully saturated rings. The van der Waals surface area contributed by atoms with Gasteiger partial charge in [-0.3, -0.25) is 0 Å². The molecule has 5 heteroatoms. The first kappa shape index (κ1) is 10.3. The summed E-state index contributed by atoms with van der Waals surface area (Å²) in [5.41, 5.74) is 0. The van der Waals surface area contributed by atoms with Gasteiger partial charge in [-0.05, 0) is 23.9 Å². The summed E-state index contributed by atoms with van der Waals surface area (Å²) in [4.78, 5) is 0. The molecule has 0 amide bonds. The number of halogens is 1. The van der Waals surface area contributed by atoms with E-state index in [1.807, 2.05) is 0 Å². The van der Waals surface area contributed by atoms with E-state index >= 15 is 0 Å². The molecule has 2 rings (SSSR count). The lowest BCUT2D eigenvalue weighted by atomic mass is 9.83. The Bertz CT molecular complexity index is 288. The number of nitrogens with zero attached hydrogens (tertiary/aromatic N) is 2. The zero-order chi connectivity index (χ0) is 9.80. The third-order valence-corrected chi connectivity index (χ3v) is 3.56. The van der Waals surface area contributed by atoms with Crippen LogP contribution >= 0.6 is 22.9 Å². The first-order chi connectivity index (χ1) is 6.84. The molecule has 1 aromatic rings. The standard InChI is InChI=1S/C9H13ClN2OS/c10-9-12-11-8(14-9)6-13-5-4-7-2-1-3-7/h7H,1-6H2. The van der Waals surface area contributed by atoms with Crippen LogP contribution in [0.2, 0.25) is 4.47 Å². The minimum Gasteiger partial charge on any atom is -0.374 e. The van der Waals surface area contributed by atoms with Crippen LogP contribution < -0.4 is 0 Å². The summed E-state index contributed by atoms with van der Waals surface area (Å²) in [6.45, 7) is 1.39. The Kier molecular flexibility index (Phi) is 3.73. The highest BCUT2D eigenvalue weighted by Crippen LogP contribution is 2.29. The Hall–Kier alpha value is -0.190. The first-order valence-electron chi connectivity index (χ1n) is 4.90. The molecule has 0 aromatic carbocycles. The fourth-order valence-electron chi connectivity index (χ4n) is 1.48. The monoisotopic (exact) mass is 232 g/mol. The molecule has 0 aliphatic heterocycles. The molecule has 0 atom stereocenters. The van der Waals surface area contributed by atoms with Crippen molar-refractivity contribution in [1.82, 2.24) is 10.2 Å². The van der Waals surface area contributed by atoms with E-state index < -0.39 is 0 Å². The average molecular weight is 233 g/mol. The lowest BCUT2D eigenvalue weighted by Crippen LogP contribution is -2.13. The Morgan fingerprint density at radius 2 is 2.29 bits per heavy atom. The molecule has 3 nitrogen and oxygen atoms in total. The van der Waals surface area contributed by atoms with Crippen molar-refractivity contribution in [3.05, 3.63) is 9.47 Å². The van der Waals surface area contributed by atoms with Crippen LogP contribution in [0, 0.1) is 5.92 Å². The zero-order valence-electron chi connectivity index (χ0n) is 7.91. The van der Waals surface area contributed by atoms with E-state index in [0.29, 0.717) is 11.1 Å². The van der Waals surface area contributed by atoms with Crippen molar-refractivity contribution in [3.8, 4) is 0 Å². The summed E-state index contributed by atoms with van der Waals surface area (Å²) in [7, 11) is 0. The Labute approximate surface area is 92.4 Å². The van der Waals surface area contributed by atoms with Crippen LogP contribution in [0.5, 0.6) is 0 Å². The van der Waals surface area contributed by atoms with E-state index in [0.717, 1.165) is 17.5 Å². The molecule has 1 saturated carbocycles. The van der Waals surface area contributed by atoms with Gasteiger partial charge in [0.25, 0.3) is 0 Å². The van der Waals surface area contributed by atoms with Gasteiger partial charge in [0.15, 0.2) is 0 Å². The van der Waals surface area contributed by atoms with Gasteiger partial charge in [0.05, 0.1) is 0 Å². The van der Waals surface area contributed by atoms with Gasteiger partial charge in [-0.1, -0.05) is 30.6 Å². The first-order valence-corrected chi connectivity index (χ1v) is 6.09. The minimum absolute atomic E-state index is 0.489. The maximum atomic E-state index is 5.64. The molecule has 14 heavy (non-hydrogen) atoms. The summed E-state index contributed by atoms with van der Waals surface area (Å²) in [6, 6.07) is 0. The second kappa shape index (κ2) is 5.05. The molecule has 1 aliphatic rings. The molecule has 0 N–H and O–H groups in total. The minimum atomic E-state index is 0.489. The van der Waals surface area contributed by atoms with Gasteiger partial charge in [-0.15, -0.1) is 10.2 Å². The van der Waals surface area contributed by atoms with Crippen molar-refractivity contribution in [2.24, 2.45) is 5.92 Å². The van der Waals surface area contributed by atoms with Gasteiger partial charge in [0.2, 0.25) is 4.47 Å². The number of ether oxygens (including phenoxy) is 1. The number of aromatic nitrogens is 2. The van der Waals surface area contributed by atoms with Crippen LogP contribution in [0.3, 0.4) is 0 Å². The lowest BCUT2D eigenvalue weighted by molar-refractivity contribution is 0.0945. The summed E-state index contributed by atoms with van der Waals surface area (Å²) in [6.07, 6.45) is 5.35. The molecule has 0 unspecified atom stereocenters. The Morgan fingerprint density at radius 1 is 1.43 bits per heavy atom. The predicted molar refractivity (Wildman–Crippen MR) is 56.5 cm³/mol. The maximum absolute atomic E-state index is 5.64. The van der Waals surface area contributed by atoms with Crippen molar-refractivity contribution >= 4 is 22.9 Å². The molecule has 1 heterocycles. The van der Waals surface area contributed by atoms with Gasteiger partial charge in [0, 0.05) is 6.61 Å². The van der Waals surface area contributed by atoms with E-state index in [4.69, 9.17) is 16.3 Å². The van der Waals surface area contributed by atoms with E-state index in [2.05, 4.69) is 10.2 Å². The van der Waals surface area contributed by atoms with Crippen LogP contribution in [-0.4, -0.2) is 16.8 Å². The summed E-state index contributed by atoms with van der Waals surface area (Å²) in [5.74, 6) is 0.910. The van der Waals surface area contributed by atoms with Gasteiger partial charge < -0.3 is 4.74 Å². The van der Waals surface area contributed by atoms with Crippen molar-refractivity contribution in [3.63, 3.8) is 0 Å². The second-order valence-electron chi connectivity index (χ2n) is 3.59. The normalized spacial score (nSPS) is 16.9. The van der Waals surface area contributed by atoms with E-state index in [1.54, 1.807) is 0 Å². The van der Waals surface area contributed by atoms with Crippen LogP contribution in [0.4, 0.5) is 0 Å². The molecule has 0 radical (unpaired) electrons. The number of hydrogen-bond acceptors (Lipinski definition) is 4. The molecule has 1 aliphatic carbocycles. The molecular formula is C9H13ClN2OS. The van der Waals surface area contributed by atoms with Crippen LogP contribution in [0.15, 0.2) is 0 Å². The van der Waals surface area contributed by atoms with Gasteiger partial charge in [0.1, 0.15) is 11.6 Å². The number of rotatable bonds is 5. The topological polar surface area (TPSA) is 35.0 Å². The van der Waals surface area contributed by atoms with Crippen molar-refractivity contribution in [1.29, 1.82) is 0 Å². The van der Waals surface area contributed by atoms with Crippen LogP contribution in [-0.2, 0) is 11.3 Å². The summed E-state index contributed by atoms with van der Waals surface area (Å²) < 4.78 is 5.98. The van der Waals surface area contributed by atoms with Crippen LogP contribution in [0.1, 0.15) is 30.7 Å². The lowest BCUT2D eigenvalue weighted by Gasteiger charge is -2.24. The summed E-state index contributed by atoms with van der Waals surface area (Å²) in [5, 5.41) is 8.45. The average Bonchev–Trinajstić information content (AvgIpc) is 2.48. The Morgan fingerprint density at radius 3 is 2.86 bits per heavy atom. The van der Waals surface area contributed by atoms with Crippen molar-refractivity contribution in [2.45, 2.75) is 32.3 Å². The predicted octanol–water partition coefficient (Wildman–Crippen LogP) is 2.90. The van der Waals surface area contributed by atoms with Crippen molar-refractivity contribution < 1.29 is 4.74 Å². The molecule has 1 aromatic heterocycles. The van der Waals surface area contributed by atoms with E-state index in [9.17, 15) is 0 Å². The van der Waals surface area contributed by atoms with E-state index in [1.165, 1.54) is 37.0 Å². The smallest absolute Gasteiger partial charge is 0.207 e. The quantitative estimate of drug-likeness (QED) is 0.733. The Balaban J connectivity index is 1.58. The van der Waals surface area contributed by atoms with Gasteiger partial charge >= 0.3 is 0 Å². The maximum Gasteiger partial charge on any atom is 0.207 e. The molecule has 78 valence electrons. The third kappa shape index (κ3) is 2.90. The molecule has 0 bridgehead atoms. The van der Waals surface area contributed by atoms with Gasteiger partial charge in [-0.2, -0.15) is 0 Å². The highest BCUT2D eigenvalue weighted by molar-refractivity contribution is 7.15. The zero-order valence-corrected chi connectivity index (χ0v) is 9.48. The highest BCUT2D eigenvalue weighted by atomic mass is 35.5. The highest BCUT2D eigenvalue weighted by Gasteiger charge is 2.16. The van der Waals surface area contributed by atoms with Crippen LogP contribution in [0.25, 0.3) is 0 Å². The van der Waals surface area contributed by atoms with Crippen molar-refractivity contribution in [2.75, 3.05) is 6.61 Å².